The number of benzene rings is 1. The Morgan fingerprint density at radius 2 is 1.76 bits per heavy atom. The summed E-state index contributed by atoms with van der Waals surface area (Å²) in [5.41, 5.74) is 1.31. The summed E-state index contributed by atoms with van der Waals surface area (Å²) in [6.07, 6.45) is 0. The van der Waals surface area contributed by atoms with Gasteiger partial charge in [0.05, 0.1) is 13.2 Å². The zero-order valence-corrected chi connectivity index (χ0v) is 18.3. The Labute approximate surface area is 176 Å². The van der Waals surface area contributed by atoms with Crippen LogP contribution >= 0.6 is 0 Å². The molecule has 0 amide bonds. The minimum atomic E-state index is 0.498. The van der Waals surface area contributed by atoms with Crippen LogP contribution in [0.2, 0.25) is 0 Å². The number of ether oxygens (including phenoxy) is 2. The fourth-order valence-electron chi connectivity index (χ4n) is 4.91. The maximum Gasteiger partial charge on any atom is 0.123 e. The third kappa shape index (κ3) is 5.70. The minimum absolute atomic E-state index is 0.498. The summed E-state index contributed by atoms with van der Waals surface area (Å²) in [5.74, 6) is 1.65. The van der Waals surface area contributed by atoms with Gasteiger partial charge in [-0.05, 0) is 19.7 Å². The lowest BCUT2D eigenvalue weighted by Crippen LogP contribution is -2.47. The number of rotatable bonds is 7. The Morgan fingerprint density at radius 1 is 0.966 bits per heavy atom. The molecular weight excluding hydrogens is 364 g/mol. The molecule has 2 atom stereocenters. The van der Waals surface area contributed by atoms with Gasteiger partial charge in [0.15, 0.2) is 0 Å². The summed E-state index contributed by atoms with van der Waals surface area (Å²) in [6, 6.07) is 9.10. The first kappa shape index (κ1) is 21.1. The van der Waals surface area contributed by atoms with Crippen molar-refractivity contribution in [3.8, 4) is 5.75 Å². The van der Waals surface area contributed by atoms with Crippen molar-refractivity contribution in [2.75, 3.05) is 85.8 Å². The average Bonchev–Trinajstić information content (AvgIpc) is 2.98. The summed E-state index contributed by atoms with van der Waals surface area (Å²) in [5, 5.41) is 0. The van der Waals surface area contributed by atoms with E-state index in [9.17, 15) is 0 Å². The zero-order chi connectivity index (χ0) is 20.1. The SMILES string of the molecule is CCN1CCN(CCOc2ccccc2CN2C[C@@H]3COC[C@H](C2)N(C)C3)CC1. The van der Waals surface area contributed by atoms with Gasteiger partial charge in [0.25, 0.3) is 0 Å². The van der Waals surface area contributed by atoms with E-state index in [1.165, 1.54) is 18.7 Å². The molecule has 29 heavy (non-hydrogen) atoms. The van der Waals surface area contributed by atoms with Crippen LogP contribution in [0.1, 0.15) is 12.5 Å². The van der Waals surface area contributed by atoms with Gasteiger partial charge >= 0.3 is 0 Å². The minimum Gasteiger partial charge on any atom is -0.492 e. The molecule has 2 bridgehead atoms. The summed E-state index contributed by atoms with van der Waals surface area (Å²) >= 11 is 0. The molecule has 1 aromatic carbocycles. The topological polar surface area (TPSA) is 31.4 Å². The molecule has 0 radical (unpaired) electrons. The molecule has 4 rings (SSSR count). The third-order valence-corrected chi connectivity index (χ3v) is 6.76. The van der Waals surface area contributed by atoms with E-state index in [1.807, 2.05) is 0 Å². The molecule has 3 heterocycles. The molecule has 0 unspecified atom stereocenters. The van der Waals surface area contributed by atoms with Gasteiger partial charge in [0, 0.05) is 76.4 Å². The smallest absolute Gasteiger partial charge is 0.123 e. The quantitative estimate of drug-likeness (QED) is 0.687. The lowest BCUT2D eigenvalue weighted by molar-refractivity contribution is 0.0513. The second-order valence-electron chi connectivity index (χ2n) is 8.92. The predicted molar refractivity (Wildman–Crippen MR) is 116 cm³/mol. The number of hydrogen-bond donors (Lipinski definition) is 0. The first-order chi connectivity index (χ1) is 14.2. The molecule has 3 aliphatic heterocycles. The Kier molecular flexibility index (Phi) is 7.43. The van der Waals surface area contributed by atoms with Crippen LogP contribution in [0.15, 0.2) is 24.3 Å². The second kappa shape index (κ2) is 10.2. The number of fused-ring (bicyclic) bond motifs is 3. The monoisotopic (exact) mass is 402 g/mol. The van der Waals surface area contributed by atoms with E-state index in [4.69, 9.17) is 9.47 Å². The van der Waals surface area contributed by atoms with Gasteiger partial charge < -0.3 is 14.4 Å². The van der Waals surface area contributed by atoms with E-state index in [1.54, 1.807) is 0 Å². The van der Waals surface area contributed by atoms with Crippen LogP contribution in [-0.4, -0.2) is 111 Å². The molecule has 162 valence electrons. The molecule has 3 aliphatic rings. The molecule has 6 nitrogen and oxygen atoms in total. The summed E-state index contributed by atoms with van der Waals surface area (Å²) in [4.78, 5) is 10.1. The zero-order valence-electron chi connectivity index (χ0n) is 18.3. The largest absolute Gasteiger partial charge is 0.492 e. The normalized spacial score (nSPS) is 27.7. The van der Waals surface area contributed by atoms with Gasteiger partial charge in [-0.25, -0.2) is 0 Å². The van der Waals surface area contributed by atoms with Gasteiger partial charge in [0.1, 0.15) is 12.4 Å². The highest BCUT2D eigenvalue weighted by Crippen LogP contribution is 2.24. The van der Waals surface area contributed by atoms with E-state index in [0.717, 1.165) is 77.9 Å². The summed E-state index contributed by atoms with van der Waals surface area (Å²) in [7, 11) is 2.24. The van der Waals surface area contributed by atoms with E-state index in [0.29, 0.717) is 12.0 Å². The molecule has 0 aromatic heterocycles. The molecular formula is C23H38N4O2. The highest BCUT2D eigenvalue weighted by atomic mass is 16.5. The highest BCUT2D eigenvalue weighted by molar-refractivity contribution is 5.33. The Hall–Kier alpha value is -1.18. The highest BCUT2D eigenvalue weighted by Gasteiger charge is 2.31. The summed E-state index contributed by atoms with van der Waals surface area (Å²) < 4.78 is 12.1. The summed E-state index contributed by atoms with van der Waals surface area (Å²) in [6.45, 7) is 15.9. The molecule has 3 saturated heterocycles. The number of para-hydroxylation sites is 1. The van der Waals surface area contributed by atoms with Crippen molar-refractivity contribution in [1.82, 2.24) is 19.6 Å². The Balaban J connectivity index is 1.30. The van der Waals surface area contributed by atoms with Crippen LogP contribution in [0.25, 0.3) is 0 Å². The second-order valence-corrected chi connectivity index (χ2v) is 8.92. The maximum atomic E-state index is 6.26. The third-order valence-electron chi connectivity index (χ3n) is 6.76. The van der Waals surface area contributed by atoms with Crippen LogP contribution in [0.4, 0.5) is 0 Å². The van der Waals surface area contributed by atoms with E-state index >= 15 is 0 Å². The van der Waals surface area contributed by atoms with Gasteiger partial charge in [-0.1, -0.05) is 25.1 Å². The van der Waals surface area contributed by atoms with Crippen molar-refractivity contribution in [1.29, 1.82) is 0 Å². The molecule has 0 N–H and O–H groups in total. The van der Waals surface area contributed by atoms with Crippen molar-refractivity contribution in [3.63, 3.8) is 0 Å². The first-order valence-electron chi connectivity index (χ1n) is 11.4. The van der Waals surface area contributed by atoms with Crippen LogP contribution in [0.3, 0.4) is 0 Å². The van der Waals surface area contributed by atoms with Crippen molar-refractivity contribution >= 4 is 0 Å². The van der Waals surface area contributed by atoms with E-state index in [2.05, 4.69) is 57.8 Å². The van der Waals surface area contributed by atoms with Crippen molar-refractivity contribution < 1.29 is 9.47 Å². The molecule has 1 aromatic rings. The van der Waals surface area contributed by atoms with Gasteiger partial charge in [-0.15, -0.1) is 0 Å². The van der Waals surface area contributed by atoms with Crippen LogP contribution in [-0.2, 0) is 11.3 Å². The fourth-order valence-corrected chi connectivity index (χ4v) is 4.91. The number of nitrogens with zero attached hydrogens (tertiary/aromatic N) is 4. The first-order valence-corrected chi connectivity index (χ1v) is 11.4. The van der Waals surface area contributed by atoms with E-state index in [-0.39, 0.29) is 0 Å². The number of piperazine rings is 1. The lowest BCUT2D eigenvalue weighted by Gasteiger charge is -2.34. The number of likely N-dealkylation sites (N-methyl/N-ethyl adjacent to an activating group) is 2. The predicted octanol–water partition coefficient (Wildman–Crippen LogP) is 1.47. The lowest BCUT2D eigenvalue weighted by atomic mass is 10.1. The van der Waals surface area contributed by atoms with Crippen molar-refractivity contribution in [2.24, 2.45) is 5.92 Å². The van der Waals surface area contributed by atoms with Crippen molar-refractivity contribution in [2.45, 2.75) is 19.5 Å². The Bertz CT molecular complexity index is 635. The van der Waals surface area contributed by atoms with Gasteiger partial charge in [-0.2, -0.15) is 0 Å². The molecule has 6 heteroatoms. The maximum absolute atomic E-state index is 6.26. The van der Waals surface area contributed by atoms with Gasteiger partial charge in [-0.3, -0.25) is 14.7 Å². The Morgan fingerprint density at radius 3 is 2.59 bits per heavy atom. The van der Waals surface area contributed by atoms with Crippen molar-refractivity contribution in [3.05, 3.63) is 29.8 Å². The number of hydrogen-bond acceptors (Lipinski definition) is 6. The van der Waals surface area contributed by atoms with Crippen LogP contribution in [0.5, 0.6) is 5.75 Å². The average molecular weight is 403 g/mol. The molecule has 0 saturated carbocycles. The fraction of sp³-hybridized carbons (Fsp3) is 0.739. The molecule has 0 aliphatic carbocycles. The van der Waals surface area contributed by atoms with Crippen LogP contribution < -0.4 is 4.74 Å². The van der Waals surface area contributed by atoms with Gasteiger partial charge in [0.2, 0.25) is 0 Å². The molecule has 3 fully saturated rings. The van der Waals surface area contributed by atoms with Crippen LogP contribution in [0, 0.1) is 5.92 Å². The molecule has 0 spiro atoms. The van der Waals surface area contributed by atoms with E-state index < -0.39 is 0 Å². The standard InChI is InChI=1S/C23H38N4O2/c1-3-25-8-10-26(11-9-25)12-13-29-23-7-5-4-6-21(23)16-27-15-20-14-24(2)22(17-27)19-28-18-20/h4-7,20,22H,3,8-19H2,1-2H3/t20-,22+/m1/s1.